The lowest BCUT2D eigenvalue weighted by Gasteiger charge is -2.15. The van der Waals surface area contributed by atoms with Crippen LogP contribution in [0.2, 0.25) is 0 Å². The fourth-order valence-electron chi connectivity index (χ4n) is 4.60. The summed E-state index contributed by atoms with van der Waals surface area (Å²) in [6, 6.07) is 18.2. The summed E-state index contributed by atoms with van der Waals surface area (Å²) in [5, 5.41) is 0.853. The van der Waals surface area contributed by atoms with Gasteiger partial charge in [0.05, 0.1) is 25.7 Å². The Morgan fingerprint density at radius 3 is 2.50 bits per heavy atom. The van der Waals surface area contributed by atoms with Crippen molar-refractivity contribution in [2.75, 3.05) is 27.4 Å². The first kappa shape index (κ1) is 29.2. The van der Waals surface area contributed by atoms with Gasteiger partial charge in [0.25, 0.3) is 5.91 Å². The molecular formula is C32H29NO7S2. The highest BCUT2D eigenvalue weighted by atomic mass is 32.2. The molecule has 10 heteroatoms. The molecule has 0 aliphatic carbocycles. The maximum absolute atomic E-state index is 13.2. The Morgan fingerprint density at radius 1 is 1.00 bits per heavy atom. The monoisotopic (exact) mass is 603 g/mol. The Balaban J connectivity index is 1.31. The smallest absolute Gasteiger partial charge is 0.380 e. The highest BCUT2D eigenvalue weighted by molar-refractivity contribution is 8.26. The van der Waals surface area contributed by atoms with Gasteiger partial charge in [0.15, 0.2) is 23.0 Å². The Hall–Kier alpha value is -4.28. The minimum atomic E-state index is -0.618. The topological polar surface area (TPSA) is 87.4 Å². The number of fused-ring (bicyclic) bond motifs is 1. The zero-order valence-electron chi connectivity index (χ0n) is 23.6. The van der Waals surface area contributed by atoms with E-state index in [4.69, 9.17) is 35.6 Å². The predicted octanol–water partition coefficient (Wildman–Crippen LogP) is 6.82. The van der Waals surface area contributed by atoms with Crippen molar-refractivity contribution in [1.82, 2.24) is 4.90 Å². The third-order valence-corrected chi connectivity index (χ3v) is 8.12. The lowest BCUT2D eigenvalue weighted by atomic mass is 10.1. The van der Waals surface area contributed by atoms with Crippen LogP contribution in [0.15, 0.2) is 70.0 Å². The van der Waals surface area contributed by atoms with Gasteiger partial charge in [0, 0.05) is 17.5 Å². The predicted molar refractivity (Wildman–Crippen MR) is 167 cm³/mol. The molecule has 0 bridgehead atoms. The second-order valence-corrected chi connectivity index (χ2v) is 11.0. The van der Waals surface area contributed by atoms with E-state index in [1.54, 1.807) is 49.5 Å². The second-order valence-electron chi connectivity index (χ2n) is 9.35. The second kappa shape index (κ2) is 12.7. The molecule has 0 atom stereocenters. The largest absolute Gasteiger partial charge is 0.493 e. The average molecular weight is 604 g/mol. The summed E-state index contributed by atoms with van der Waals surface area (Å²) in [7, 11) is 3.17. The summed E-state index contributed by atoms with van der Waals surface area (Å²) in [6.45, 7) is 4.44. The van der Waals surface area contributed by atoms with Crippen LogP contribution in [0.5, 0.6) is 23.0 Å². The van der Waals surface area contributed by atoms with E-state index in [2.05, 4.69) is 0 Å². The summed E-state index contributed by atoms with van der Waals surface area (Å²) in [5.74, 6) is 1.25. The van der Waals surface area contributed by atoms with E-state index in [-0.39, 0.29) is 17.4 Å². The van der Waals surface area contributed by atoms with Crippen LogP contribution in [0, 0.1) is 6.92 Å². The number of hydrogen-bond donors (Lipinski definition) is 0. The molecule has 1 aliphatic rings. The van der Waals surface area contributed by atoms with Crippen molar-refractivity contribution in [1.29, 1.82) is 0 Å². The summed E-state index contributed by atoms with van der Waals surface area (Å²) in [4.78, 5) is 28.3. The molecule has 42 heavy (non-hydrogen) atoms. The van der Waals surface area contributed by atoms with E-state index in [1.807, 2.05) is 50.2 Å². The van der Waals surface area contributed by atoms with Gasteiger partial charge in [-0.1, -0.05) is 54.3 Å². The molecule has 8 nitrogen and oxygen atoms in total. The van der Waals surface area contributed by atoms with Gasteiger partial charge >= 0.3 is 5.97 Å². The van der Waals surface area contributed by atoms with Crippen LogP contribution in [0.1, 0.15) is 34.2 Å². The molecule has 0 saturated carbocycles. The van der Waals surface area contributed by atoms with Gasteiger partial charge in [-0.05, 0) is 67.8 Å². The standard InChI is InChI=1S/C32H29NO7S2/c1-5-38-27-17-21(11-13-25(27)40-31(35)29-19(2)22-8-6-7-9-23(22)39-29)18-28-30(34)33(32(41)42-28)15-14-20-10-12-24(36-3)26(16-20)37-4/h6-13,16-18H,5,14-15H2,1-4H3/b28-18-. The van der Waals surface area contributed by atoms with Gasteiger partial charge in [0.1, 0.15) is 9.90 Å². The molecule has 1 saturated heterocycles. The lowest BCUT2D eigenvalue weighted by molar-refractivity contribution is -0.122. The molecule has 0 radical (unpaired) electrons. The molecular weight excluding hydrogens is 574 g/mol. The number of carbonyl (C=O) groups excluding carboxylic acids is 2. The molecule has 4 aromatic rings. The van der Waals surface area contributed by atoms with Crippen molar-refractivity contribution in [2.45, 2.75) is 20.3 Å². The number of rotatable bonds is 10. The molecule has 1 aliphatic heterocycles. The molecule has 1 aromatic heterocycles. The van der Waals surface area contributed by atoms with E-state index in [9.17, 15) is 9.59 Å². The molecule has 5 rings (SSSR count). The molecule has 0 N–H and O–H groups in total. The number of benzene rings is 3. The first-order valence-electron chi connectivity index (χ1n) is 13.3. The average Bonchev–Trinajstić information content (AvgIpc) is 3.47. The summed E-state index contributed by atoms with van der Waals surface area (Å²) in [5.41, 5.74) is 3.02. The van der Waals surface area contributed by atoms with Crippen molar-refractivity contribution in [2.24, 2.45) is 0 Å². The maximum atomic E-state index is 13.2. The van der Waals surface area contributed by atoms with Gasteiger partial charge < -0.3 is 23.4 Å². The van der Waals surface area contributed by atoms with Gasteiger partial charge in [-0.2, -0.15) is 0 Å². The van der Waals surface area contributed by atoms with Crippen LogP contribution < -0.4 is 18.9 Å². The lowest BCUT2D eigenvalue weighted by Crippen LogP contribution is -2.30. The number of esters is 1. The van der Waals surface area contributed by atoms with Crippen LogP contribution in [0.4, 0.5) is 0 Å². The number of thiocarbonyl (C=S) groups is 1. The molecule has 3 aromatic carbocycles. The number of aryl methyl sites for hydroxylation is 1. The van der Waals surface area contributed by atoms with Crippen LogP contribution in [-0.2, 0) is 11.2 Å². The first-order valence-corrected chi connectivity index (χ1v) is 14.5. The van der Waals surface area contributed by atoms with Gasteiger partial charge in [-0.15, -0.1) is 0 Å². The highest BCUT2D eigenvalue weighted by Crippen LogP contribution is 2.36. The fraction of sp³-hybridized carbons (Fsp3) is 0.219. The molecule has 216 valence electrons. The van der Waals surface area contributed by atoms with Gasteiger partial charge in [-0.3, -0.25) is 9.69 Å². The SMILES string of the molecule is CCOc1cc(/C=C2\SC(=S)N(CCc3ccc(OC)c(OC)c3)C2=O)ccc1OC(=O)c1oc2ccccc2c1C. The molecule has 1 amide bonds. The first-order chi connectivity index (χ1) is 20.3. The maximum Gasteiger partial charge on any atom is 0.380 e. The molecule has 2 heterocycles. The Kier molecular flexibility index (Phi) is 8.84. The normalized spacial score (nSPS) is 14.1. The number of methoxy groups -OCH3 is 2. The van der Waals surface area contributed by atoms with E-state index >= 15 is 0 Å². The van der Waals surface area contributed by atoms with Gasteiger partial charge in [-0.25, -0.2) is 4.79 Å². The number of carbonyl (C=O) groups is 2. The number of hydrogen-bond acceptors (Lipinski definition) is 9. The number of para-hydroxylation sites is 1. The number of amides is 1. The number of furan rings is 1. The van der Waals surface area contributed by atoms with Crippen LogP contribution in [0.25, 0.3) is 17.0 Å². The van der Waals surface area contributed by atoms with E-state index in [1.165, 1.54) is 11.8 Å². The van der Waals surface area contributed by atoms with Crippen molar-refractivity contribution in [3.63, 3.8) is 0 Å². The Bertz CT molecular complexity index is 1710. The summed E-state index contributed by atoms with van der Waals surface area (Å²) in [6.07, 6.45) is 2.35. The number of nitrogens with zero attached hydrogens (tertiary/aromatic N) is 1. The molecule has 0 spiro atoms. The Morgan fingerprint density at radius 2 is 1.76 bits per heavy atom. The van der Waals surface area contributed by atoms with E-state index in [0.717, 1.165) is 10.9 Å². The number of thioether (sulfide) groups is 1. The minimum absolute atomic E-state index is 0.138. The summed E-state index contributed by atoms with van der Waals surface area (Å²) >= 11 is 6.77. The van der Waals surface area contributed by atoms with Crippen LogP contribution in [0.3, 0.4) is 0 Å². The van der Waals surface area contributed by atoms with Crippen molar-refractivity contribution in [3.8, 4) is 23.0 Å². The minimum Gasteiger partial charge on any atom is -0.493 e. The zero-order valence-corrected chi connectivity index (χ0v) is 25.2. The van der Waals surface area contributed by atoms with Crippen molar-refractivity contribution in [3.05, 3.63) is 88.0 Å². The van der Waals surface area contributed by atoms with Gasteiger partial charge in [0.2, 0.25) is 5.76 Å². The zero-order chi connectivity index (χ0) is 29.8. The highest BCUT2D eigenvalue weighted by Gasteiger charge is 2.32. The number of ether oxygens (including phenoxy) is 4. The van der Waals surface area contributed by atoms with Crippen LogP contribution >= 0.6 is 24.0 Å². The quantitative estimate of drug-likeness (QED) is 0.0839. The van der Waals surface area contributed by atoms with E-state index < -0.39 is 5.97 Å². The van der Waals surface area contributed by atoms with E-state index in [0.29, 0.717) is 62.8 Å². The Labute approximate surface area is 253 Å². The molecule has 0 unspecified atom stereocenters. The summed E-state index contributed by atoms with van der Waals surface area (Å²) < 4.78 is 28.4. The fourth-order valence-corrected chi connectivity index (χ4v) is 5.91. The van der Waals surface area contributed by atoms with Crippen LogP contribution in [-0.4, -0.2) is 48.5 Å². The third-order valence-electron chi connectivity index (χ3n) is 6.74. The third kappa shape index (κ3) is 6.00. The van der Waals surface area contributed by atoms with Crippen molar-refractivity contribution < 1.29 is 33.0 Å². The van der Waals surface area contributed by atoms with Crippen molar-refractivity contribution >= 4 is 57.2 Å². The molecule has 1 fully saturated rings.